The van der Waals surface area contributed by atoms with Crippen LogP contribution in [0.25, 0.3) is 0 Å². The van der Waals surface area contributed by atoms with E-state index in [1.807, 2.05) is 18.2 Å². The van der Waals surface area contributed by atoms with Gasteiger partial charge in [0.15, 0.2) is 0 Å². The van der Waals surface area contributed by atoms with E-state index < -0.39 is 11.7 Å². The lowest BCUT2D eigenvalue weighted by molar-refractivity contribution is -0.137. The molecule has 9 heteroatoms. The number of para-hydroxylation sites is 1. The van der Waals surface area contributed by atoms with E-state index in [2.05, 4.69) is 15.5 Å². The van der Waals surface area contributed by atoms with Gasteiger partial charge in [0.1, 0.15) is 0 Å². The average Bonchev–Trinajstić information content (AvgIpc) is 3.36. The molecule has 6 nitrogen and oxygen atoms in total. The molecule has 0 saturated carbocycles. The molecule has 2 N–H and O–H groups in total. The number of alkyl halides is 3. The molecule has 0 aromatic heterocycles. The van der Waals surface area contributed by atoms with E-state index in [0.29, 0.717) is 38.0 Å². The minimum Gasteiger partial charge on any atom is -0.376 e. The highest BCUT2D eigenvalue weighted by atomic mass is 19.4. The van der Waals surface area contributed by atoms with E-state index >= 15 is 0 Å². The first-order valence-corrected chi connectivity index (χ1v) is 11.5. The van der Waals surface area contributed by atoms with E-state index in [1.54, 1.807) is 6.07 Å². The number of anilines is 1. The molecule has 34 heavy (non-hydrogen) atoms. The summed E-state index contributed by atoms with van der Waals surface area (Å²) in [6, 6.07) is 11.6. The fourth-order valence-corrected chi connectivity index (χ4v) is 4.39. The molecule has 0 radical (unpaired) electrons. The second kappa shape index (κ2) is 10.5. The van der Waals surface area contributed by atoms with Crippen LogP contribution in [0.4, 0.5) is 18.9 Å². The van der Waals surface area contributed by atoms with Crippen molar-refractivity contribution in [2.24, 2.45) is 0 Å². The van der Waals surface area contributed by atoms with Gasteiger partial charge in [0.25, 0.3) is 11.8 Å². The minimum atomic E-state index is -4.43. The second-order valence-electron chi connectivity index (χ2n) is 8.67. The van der Waals surface area contributed by atoms with Gasteiger partial charge in [0.05, 0.1) is 17.2 Å². The summed E-state index contributed by atoms with van der Waals surface area (Å²) < 4.78 is 43.8. The van der Waals surface area contributed by atoms with Crippen molar-refractivity contribution < 1.29 is 27.5 Å². The number of rotatable bonds is 6. The van der Waals surface area contributed by atoms with E-state index in [9.17, 15) is 22.8 Å². The normalized spacial score (nSPS) is 19.1. The molecule has 2 aliphatic rings. The molecule has 1 atom stereocenters. The third kappa shape index (κ3) is 5.88. The lowest BCUT2D eigenvalue weighted by Crippen LogP contribution is -2.45. The zero-order valence-electron chi connectivity index (χ0n) is 18.7. The van der Waals surface area contributed by atoms with Crippen LogP contribution in [0.15, 0.2) is 48.5 Å². The molecule has 4 rings (SSSR count). The van der Waals surface area contributed by atoms with Gasteiger partial charge in [-0.05, 0) is 62.1 Å². The number of nitrogens with one attached hydrogen (secondary N) is 2. The average molecular weight is 476 g/mol. The van der Waals surface area contributed by atoms with Gasteiger partial charge < -0.3 is 20.3 Å². The molecule has 2 aromatic carbocycles. The molecule has 0 unspecified atom stereocenters. The topological polar surface area (TPSA) is 70.7 Å². The van der Waals surface area contributed by atoms with Crippen molar-refractivity contribution in [3.8, 4) is 0 Å². The van der Waals surface area contributed by atoms with Crippen LogP contribution in [-0.4, -0.2) is 50.2 Å². The number of piperidine rings is 1. The van der Waals surface area contributed by atoms with Gasteiger partial charge in [-0.3, -0.25) is 9.59 Å². The maximum atomic E-state index is 12.8. The summed E-state index contributed by atoms with van der Waals surface area (Å²) in [6.07, 6.45) is -1.06. The van der Waals surface area contributed by atoms with Crippen LogP contribution in [-0.2, 0) is 10.9 Å². The lowest BCUT2D eigenvalue weighted by atomic mass is 10.0. The SMILES string of the molecule is O=C(NC1CCN(c2ccccc2C(=O)NC[C@H]2CCCO2)CC1)c1ccc(C(F)(F)F)cc1. The van der Waals surface area contributed by atoms with Gasteiger partial charge in [-0.15, -0.1) is 0 Å². The van der Waals surface area contributed by atoms with Crippen molar-refractivity contribution in [1.82, 2.24) is 10.6 Å². The molecule has 0 spiro atoms. The summed E-state index contributed by atoms with van der Waals surface area (Å²) in [6.45, 7) is 2.52. The summed E-state index contributed by atoms with van der Waals surface area (Å²) >= 11 is 0. The maximum absolute atomic E-state index is 12.8. The monoisotopic (exact) mass is 475 g/mol. The minimum absolute atomic E-state index is 0.0696. The Morgan fingerprint density at radius 1 is 0.971 bits per heavy atom. The standard InChI is InChI=1S/C25H28F3N3O3/c26-25(27,28)18-9-7-17(8-10-18)23(32)30-19-11-13-31(14-12-19)22-6-2-1-5-21(22)24(33)29-16-20-4-3-15-34-20/h1-2,5-10,19-20H,3-4,11-16H2,(H,29,33)(H,30,32)/t20-/m1/s1. The van der Waals surface area contributed by atoms with Gasteiger partial charge in [0, 0.05) is 43.5 Å². The van der Waals surface area contributed by atoms with Crippen molar-refractivity contribution in [2.75, 3.05) is 31.1 Å². The number of carbonyl (C=O) groups excluding carboxylic acids is 2. The highest BCUT2D eigenvalue weighted by molar-refractivity contribution is 6.00. The highest BCUT2D eigenvalue weighted by Gasteiger charge is 2.30. The van der Waals surface area contributed by atoms with Crippen LogP contribution in [0.1, 0.15) is 52.0 Å². The molecule has 2 heterocycles. The lowest BCUT2D eigenvalue weighted by Gasteiger charge is -2.35. The fourth-order valence-electron chi connectivity index (χ4n) is 4.39. The zero-order chi connectivity index (χ0) is 24.1. The molecule has 182 valence electrons. The van der Waals surface area contributed by atoms with Crippen LogP contribution in [0.5, 0.6) is 0 Å². The molecule has 2 saturated heterocycles. The van der Waals surface area contributed by atoms with Crippen molar-refractivity contribution in [1.29, 1.82) is 0 Å². The van der Waals surface area contributed by atoms with E-state index in [4.69, 9.17) is 4.74 Å². The third-order valence-electron chi connectivity index (χ3n) is 6.31. The van der Waals surface area contributed by atoms with Crippen LogP contribution < -0.4 is 15.5 Å². The zero-order valence-corrected chi connectivity index (χ0v) is 18.7. The van der Waals surface area contributed by atoms with Crippen molar-refractivity contribution in [3.05, 3.63) is 65.2 Å². The fraction of sp³-hybridized carbons (Fsp3) is 0.440. The summed E-state index contributed by atoms with van der Waals surface area (Å²) in [5.74, 6) is -0.523. The largest absolute Gasteiger partial charge is 0.416 e. The van der Waals surface area contributed by atoms with E-state index in [0.717, 1.165) is 37.3 Å². The molecule has 2 amide bonds. The number of ether oxygens (including phenoxy) is 1. The first-order chi connectivity index (χ1) is 16.3. The molecule has 2 fully saturated rings. The van der Waals surface area contributed by atoms with Gasteiger partial charge in [-0.2, -0.15) is 13.2 Å². The summed E-state index contributed by atoms with van der Waals surface area (Å²) in [7, 11) is 0. The first kappa shape index (κ1) is 24.1. The second-order valence-corrected chi connectivity index (χ2v) is 8.67. The summed E-state index contributed by atoms with van der Waals surface area (Å²) in [5.41, 5.74) is 0.868. The predicted octanol–water partition coefficient (Wildman–Crippen LogP) is 4.01. The van der Waals surface area contributed by atoms with Crippen LogP contribution in [0.2, 0.25) is 0 Å². The van der Waals surface area contributed by atoms with Crippen molar-refractivity contribution >= 4 is 17.5 Å². The van der Waals surface area contributed by atoms with Crippen LogP contribution in [0, 0.1) is 0 Å². The molecular weight excluding hydrogens is 447 g/mol. The van der Waals surface area contributed by atoms with Crippen LogP contribution in [0.3, 0.4) is 0 Å². The molecule has 2 aliphatic heterocycles. The molecular formula is C25H28F3N3O3. The number of benzene rings is 2. The van der Waals surface area contributed by atoms with Gasteiger partial charge in [-0.25, -0.2) is 0 Å². The number of hydrogen-bond acceptors (Lipinski definition) is 4. The molecule has 0 bridgehead atoms. The van der Waals surface area contributed by atoms with Gasteiger partial charge in [-0.1, -0.05) is 12.1 Å². The Hall–Kier alpha value is -3.07. The number of nitrogens with zero attached hydrogens (tertiary/aromatic N) is 1. The van der Waals surface area contributed by atoms with E-state index in [1.165, 1.54) is 12.1 Å². The summed E-state index contributed by atoms with van der Waals surface area (Å²) in [4.78, 5) is 27.4. The first-order valence-electron chi connectivity index (χ1n) is 11.5. The summed E-state index contributed by atoms with van der Waals surface area (Å²) in [5, 5.41) is 5.88. The Morgan fingerprint density at radius 3 is 2.32 bits per heavy atom. The van der Waals surface area contributed by atoms with Crippen LogP contribution >= 0.6 is 0 Å². The number of halogens is 3. The Labute approximate surface area is 196 Å². The Kier molecular flexibility index (Phi) is 7.41. The van der Waals surface area contributed by atoms with Gasteiger partial charge in [0.2, 0.25) is 0 Å². The Morgan fingerprint density at radius 2 is 1.68 bits per heavy atom. The predicted molar refractivity (Wildman–Crippen MR) is 122 cm³/mol. The van der Waals surface area contributed by atoms with Crippen molar-refractivity contribution in [3.63, 3.8) is 0 Å². The Bertz CT molecular complexity index is 996. The smallest absolute Gasteiger partial charge is 0.376 e. The molecule has 0 aliphatic carbocycles. The van der Waals surface area contributed by atoms with Crippen molar-refractivity contribution in [2.45, 2.75) is 44.0 Å². The Balaban J connectivity index is 1.31. The number of carbonyl (C=O) groups is 2. The molecule has 2 aromatic rings. The number of amides is 2. The van der Waals surface area contributed by atoms with E-state index in [-0.39, 0.29) is 29.5 Å². The maximum Gasteiger partial charge on any atom is 0.416 e. The third-order valence-corrected chi connectivity index (χ3v) is 6.31. The van der Waals surface area contributed by atoms with Gasteiger partial charge >= 0.3 is 6.18 Å². The highest BCUT2D eigenvalue weighted by Crippen LogP contribution is 2.29. The quantitative estimate of drug-likeness (QED) is 0.663. The number of hydrogen-bond donors (Lipinski definition) is 2.